The Morgan fingerprint density at radius 1 is 1.46 bits per heavy atom. The van der Waals surface area contributed by atoms with Gasteiger partial charge in [0, 0.05) is 5.88 Å². The predicted octanol–water partition coefficient (Wildman–Crippen LogP) is 3.05. The van der Waals surface area contributed by atoms with Gasteiger partial charge in [-0.25, -0.2) is 0 Å². The number of rotatable bonds is 3. The molecule has 1 fully saturated rings. The van der Waals surface area contributed by atoms with Crippen molar-refractivity contribution in [3.05, 3.63) is 0 Å². The van der Waals surface area contributed by atoms with Gasteiger partial charge >= 0.3 is 0 Å². The maximum Gasteiger partial charge on any atom is 0.0625 e. The van der Waals surface area contributed by atoms with Gasteiger partial charge in [-0.2, -0.15) is 0 Å². The SMILES string of the molecule is CC(C)(O)C1CC(CCCl)C1(C)C. The van der Waals surface area contributed by atoms with E-state index in [0.717, 1.165) is 18.7 Å². The van der Waals surface area contributed by atoms with E-state index in [4.69, 9.17) is 11.6 Å². The van der Waals surface area contributed by atoms with Gasteiger partial charge in [0.1, 0.15) is 0 Å². The molecule has 1 aliphatic rings. The molecule has 78 valence electrons. The van der Waals surface area contributed by atoms with Gasteiger partial charge in [-0.1, -0.05) is 13.8 Å². The van der Waals surface area contributed by atoms with Gasteiger partial charge in [-0.05, 0) is 43.9 Å². The summed E-state index contributed by atoms with van der Waals surface area (Å²) in [5, 5.41) is 9.93. The van der Waals surface area contributed by atoms with Crippen LogP contribution in [-0.4, -0.2) is 16.6 Å². The van der Waals surface area contributed by atoms with Crippen LogP contribution in [0.15, 0.2) is 0 Å². The fourth-order valence-electron chi connectivity index (χ4n) is 2.84. The molecule has 1 saturated carbocycles. The highest BCUT2D eigenvalue weighted by Gasteiger charge is 2.52. The van der Waals surface area contributed by atoms with E-state index in [0.29, 0.717) is 11.8 Å². The first-order chi connectivity index (χ1) is 5.80. The van der Waals surface area contributed by atoms with Gasteiger partial charge in [0.25, 0.3) is 0 Å². The molecule has 0 aromatic rings. The zero-order chi connectivity index (χ0) is 10.3. The van der Waals surface area contributed by atoms with Gasteiger partial charge in [0.15, 0.2) is 0 Å². The van der Waals surface area contributed by atoms with Crippen molar-refractivity contribution in [1.82, 2.24) is 0 Å². The van der Waals surface area contributed by atoms with E-state index in [1.165, 1.54) is 0 Å². The van der Waals surface area contributed by atoms with Crippen molar-refractivity contribution >= 4 is 11.6 Å². The van der Waals surface area contributed by atoms with Gasteiger partial charge < -0.3 is 5.11 Å². The number of aliphatic hydroxyl groups is 1. The van der Waals surface area contributed by atoms with Crippen molar-refractivity contribution in [3.63, 3.8) is 0 Å². The van der Waals surface area contributed by atoms with Gasteiger partial charge in [0.05, 0.1) is 5.60 Å². The lowest BCUT2D eigenvalue weighted by atomic mass is 9.50. The highest BCUT2D eigenvalue weighted by Crippen LogP contribution is 2.56. The summed E-state index contributed by atoms with van der Waals surface area (Å²) in [6.07, 6.45) is 2.21. The second-order valence-corrected chi connectivity index (χ2v) is 5.82. The summed E-state index contributed by atoms with van der Waals surface area (Å²) in [7, 11) is 0. The molecule has 2 unspecified atom stereocenters. The monoisotopic (exact) mass is 204 g/mol. The fraction of sp³-hybridized carbons (Fsp3) is 1.00. The van der Waals surface area contributed by atoms with E-state index in [-0.39, 0.29) is 5.41 Å². The van der Waals surface area contributed by atoms with Crippen LogP contribution in [0.25, 0.3) is 0 Å². The minimum absolute atomic E-state index is 0.257. The third-order valence-corrected chi connectivity index (χ3v) is 4.00. The minimum atomic E-state index is -0.535. The molecule has 0 amide bonds. The number of hydrogen-bond donors (Lipinski definition) is 1. The predicted molar refractivity (Wildman–Crippen MR) is 57.0 cm³/mol. The highest BCUT2D eigenvalue weighted by atomic mass is 35.5. The van der Waals surface area contributed by atoms with Crippen LogP contribution in [0, 0.1) is 17.3 Å². The smallest absolute Gasteiger partial charge is 0.0625 e. The Morgan fingerprint density at radius 2 is 2.00 bits per heavy atom. The van der Waals surface area contributed by atoms with Crippen LogP contribution < -0.4 is 0 Å². The summed E-state index contributed by atoms with van der Waals surface area (Å²) in [5.41, 5.74) is -0.278. The average Bonchev–Trinajstić information content (AvgIpc) is 1.94. The highest BCUT2D eigenvalue weighted by molar-refractivity contribution is 6.17. The van der Waals surface area contributed by atoms with Crippen LogP contribution in [0.4, 0.5) is 0 Å². The van der Waals surface area contributed by atoms with E-state index < -0.39 is 5.60 Å². The second kappa shape index (κ2) is 3.43. The van der Waals surface area contributed by atoms with Crippen molar-refractivity contribution in [2.24, 2.45) is 17.3 Å². The van der Waals surface area contributed by atoms with Gasteiger partial charge in [0.2, 0.25) is 0 Å². The van der Waals surface area contributed by atoms with Crippen LogP contribution in [-0.2, 0) is 0 Å². The maximum absolute atomic E-state index is 9.93. The molecule has 1 aliphatic carbocycles. The lowest BCUT2D eigenvalue weighted by molar-refractivity contribution is -0.138. The van der Waals surface area contributed by atoms with E-state index >= 15 is 0 Å². The minimum Gasteiger partial charge on any atom is -0.390 e. The molecule has 13 heavy (non-hydrogen) atoms. The normalized spacial score (nSPS) is 32.8. The van der Waals surface area contributed by atoms with E-state index in [9.17, 15) is 5.11 Å². The fourth-order valence-corrected chi connectivity index (χ4v) is 3.10. The van der Waals surface area contributed by atoms with Crippen LogP contribution >= 0.6 is 11.6 Å². The summed E-state index contributed by atoms with van der Waals surface area (Å²) < 4.78 is 0. The number of halogens is 1. The summed E-state index contributed by atoms with van der Waals surface area (Å²) in [5.74, 6) is 1.86. The summed E-state index contributed by atoms with van der Waals surface area (Å²) in [4.78, 5) is 0. The first-order valence-corrected chi connectivity index (χ1v) is 5.62. The standard InChI is InChI=1S/C11H21ClO/c1-10(2)8(5-6-12)7-9(10)11(3,4)13/h8-9,13H,5-7H2,1-4H3. The number of alkyl halides is 1. The van der Waals surface area contributed by atoms with Crippen molar-refractivity contribution < 1.29 is 5.11 Å². The Balaban J connectivity index is 2.59. The van der Waals surface area contributed by atoms with Gasteiger partial charge in [-0.3, -0.25) is 0 Å². The summed E-state index contributed by atoms with van der Waals surface area (Å²) in [6.45, 7) is 8.32. The molecule has 0 aromatic carbocycles. The van der Waals surface area contributed by atoms with Crippen molar-refractivity contribution in [1.29, 1.82) is 0 Å². The summed E-state index contributed by atoms with van der Waals surface area (Å²) >= 11 is 5.74. The lowest BCUT2D eigenvalue weighted by Gasteiger charge is -2.57. The zero-order valence-corrected chi connectivity index (χ0v) is 9.86. The zero-order valence-electron chi connectivity index (χ0n) is 9.10. The van der Waals surface area contributed by atoms with Gasteiger partial charge in [-0.15, -0.1) is 11.6 Å². The molecule has 1 nitrogen and oxygen atoms in total. The Hall–Kier alpha value is 0.250. The third kappa shape index (κ3) is 2.02. The van der Waals surface area contributed by atoms with Crippen LogP contribution in [0.1, 0.15) is 40.5 Å². The molecule has 1 N–H and O–H groups in total. The quantitative estimate of drug-likeness (QED) is 0.701. The largest absolute Gasteiger partial charge is 0.390 e. The average molecular weight is 205 g/mol. The number of hydrogen-bond acceptors (Lipinski definition) is 1. The van der Waals surface area contributed by atoms with Crippen LogP contribution in [0.5, 0.6) is 0 Å². The Bertz CT molecular complexity index is 181. The molecule has 0 aromatic heterocycles. The summed E-state index contributed by atoms with van der Waals surface area (Å²) in [6, 6.07) is 0. The van der Waals surface area contributed by atoms with Crippen molar-refractivity contribution in [2.75, 3.05) is 5.88 Å². The first kappa shape index (κ1) is 11.3. The molecule has 0 saturated heterocycles. The molecule has 2 heteroatoms. The topological polar surface area (TPSA) is 20.2 Å². The molecule has 0 spiro atoms. The third-order valence-electron chi connectivity index (χ3n) is 3.78. The Kier molecular flexibility index (Phi) is 2.99. The van der Waals surface area contributed by atoms with Crippen molar-refractivity contribution in [2.45, 2.75) is 46.1 Å². The molecule has 0 bridgehead atoms. The first-order valence-electron chi connectivity index (χ1n) is 5.08. The Morgan fingerprint density at radius 3 is 2.31 bits per heavy atom. The molecular formula is C11H21ClO. The molecule has 1 rings (SSSR count). The van der Waals surface area contributed by atoms with Crippen LogP contribution in [0.2, 0.25) is 0 Å². The van der Waals surface area contributed by atoms with Crippen molar-refractivity contribution in [3.8, 4) is 0 Å². The molecule has 0 aliphatic heterocycles. The Labute approximate surface area is 86.5 Å². The van der Waals surface area contributed by atoms with Crippen LogP contribution in [0.3, 0.4) is 0 Å². The van der Waals surface area contributed by atoms with E-state index in [1.54, 1.807) is 0 Å². The van der Waals surface area contributed by atoms with E-state index in [1.807, 2.05) is 13.8 Å². The molecule has 0 heterocycles. The maximum atomic E-state index is 9.93. The lowest BCUT2D eigenvalue weighted by Crippen LogP contribution is -2.54. The van der Waals surface area contributed by atoms with E-state index in [2.05, 4.69) is 13.8 Å². The molecular weight excluding hydrogens is 184 g/mol. The molecule has 2 atom stereocenters. The molecule has 0 radical (unpaired) electrons. The second-order valence-electron chi connectivity index (χ2n) is 5.44.